The lowest BCUT2D eigenvalue weighted by Crippen LogP contribution is -2.28. The molecule has 1 rings (SSSR count). The third-order valence-electron chi connectivity index (χ3n) is 2.58. The van der Waals surface area contributed by atoms with Gasteiger partial charge in [0.1, 0.15) is 0 Å². The van der Waals surface area contributed by atoms with Crippen molar-refractivity contribution in [3.05, 3.63) is 28.2 Å². The van der Waals surface area contributed by atoms with Crippen molar-refractivity contribution in [2.45, 2.75) is 20.3 Å². The molecule has 0 aliphatic carbocycles. The molecular weight excluding hydrogens is 268 g/mol. The standard InChI is InChI=1S/C12H17BrN2O/c1-3-8(2)7-15-12(16)9-5-4-6-10(14)11(9)13/h4-6,8H,3,7,14H2,1-2H3,(H,15,16). The predicted octanol–water partition coefficient (Wildman–Crippen LogP) is 2.81. The third-order valence-corrected chi connectivity index (χ3v) is 3.47. The summed E-state index contributed by atoms with van der Waals surface area (Å²) in [5.41, 5.74) is 6.88. The molecule has 0 radical (unpaired) electrons. The Hall–Kier alpha value is -1.03. The molecule has 0 saturated carbocycles. The van der Waals surface area contributed by atoms with Gasteiger partial charge in [-0.05, 0) is 34.0 Å². The maximum atomic E-state index is 11.8. The Morgan fingerprint density at radius 2 is 2.25 bits per heavy atom. The molecule has 1 aromatic carbocycles. The SMILES string of the molecule is CCC(C)CNC(=O)c1cccc(N)c1Br. The minimum absolute atomic E-state index is 0.0838. The molecule has 0 aliphatic rings. The van der Waals surface area contributed by atoms with Gasteiger partial charge in [-0.15, -0.1) is 0 Å². The molecular formula is C12H17BrN2O. The number of amides is 1. The van der Waals surface area contributed by atoms with Gasteiger partial charge in [0.2, 0.25) is 0 Å². The average molecular weight is 285 g/mol. The van der Waals surface area contributed by atoms with Gasteiger partial charge < -0.3 is 11.1 Å². The number of halogens is 1. The fourth-order valence-corrected chi connectivity index (χ4v) is 1.68. The molecule has 0 spiro atoms. The Kier molecular flexibility index (Phi) is 4.80. The number of carbonyl (C=O) groups excluding carboxylic acids is 1. The number of anilines is 1. The first-order chi connectivity index (χ1) is 7.56. The summed E-state index contributed by atoms with van der Waals surface area (Å²) in [6, 6.07) is 5.29. The van der Waals surface area contributed by atoms with Gasteiger partial charge in [0.05, 0.1) is 10.0 Å². The first-order valence-electron chi connectivity index (χ1n) is 5.38. The highest BCUT2D eigenvalue weighted by atomic mass is 79.9. The monoisotopic (exact) mass is 284 g/mol. The second-order valence-corrected chi connectivity index (χ2v) is 4.73. The molecule has 16 heavy (non-hydrogen) atoms. The summed E-state index contributed by atoms with van der Waals surface area (Å²) in [6.07, 6.45) is 1.05. The van der Waals surface area contributed by atoms with E-state index in [1.54, 1.807) is 18.2 Å². The number of nitrogen functional groups attached to an aromatic ring is 1. The Morgan fingerprint density at radius 1 is 1.56 bits per heavy atom. The molecule has 0 bridgehead atoms. The van der Waals surface area contributed by atoms with Gasteiger partial charge in [-0.25, -0.2) is 0 Å². The van der Waals surface area contributed by atoms with Gasteiger partial charge in [0, 0.05) is 12.2 Å². The number of nitrogens with two attached hydrogens (primary N) is 1. The third kappa shape index (κ3) is 3.23. The van der Waals surface area contributed by atoms with Crippen LogP contribution in [0.1, 0.15) is 30.6 Å². The molecule has 0 saturated heterocycles. The lowest BCUT2D eigenvalue weighted by molar-refractivity contribution is 0.0947. The molecule has 0 heterocycles. The molecule has 1 amide bonds. The average Bonchev–Trinajstić information content (AvgIpc) is 2.29. The smallest absolute Gasteiger partial charge is 0.252 e. The first kappa shape index (κ1) is 13.0. The zero-order valence-electron chi connectivity index (χ0n) is 9.59. The fraction of sp³-hybridized carbons (Fsp3) is 0.417. The lowest BCUT2D eigenvalue weighted by atomic mass is 10.1. The van der Waals surface area contributed by atoms with Crippen molar-refractivity contribution < 1.29 is 4.79 Å². The van der Waals surface area contributed by atoms with Gasteiger partial charge >= 0.3 is 0 Å². The number of benzene rings is 1. The molecule has 0 aliphatic heterocycles. The first-order valence-corrected chi connectivity index (χ1v) is 6.17. The van der Waals surface area contributed by atoms with E-state index < -0.39 is 0 Å². The maximum Gasteiger partial charge on any atom is 0.252 e. The van der Waals surface area contributed by atoms with Gasteiger partial charge in [0.25, 0.3) is 5.91 Å². The van der Waals surface area contributed by atoms with Crippen molar-refractivity contribution in [2.75, 3.05) is 12.3 Å². The van der Waals surface area contributed by atoms with Gasteiger partial charge in [-0.1, -0.05) is 26.3 Å². The van der Waals surface area contributed by atoms with Crippen LogP contribution < -0.4 is 11.1 Å². The van der Waals surface area contributed by atoms with Crippen molar-refractivity contribution in [1.82, 2.24) is 5.32 Å². The quantitative estimate of drug-likeness (QED) is 0.836. The minimum atomic E-state index is -0.0838. The largest absolute Gasteiger partial charge is 0.398 e. The van der Waals surface area contributed by atoms with Crippen molar-refractivity contribution in [3.8, 4) is 0 Å². The predicted molar refractivity (Wildman–Crippen MR) is 70.3 cm³/mol. The van der Waals surface area contributed by atoms with Crippen LogP contribution in [0.2, 0.25) is 0 Å². The van der Waals surface area contributed by atoms with E-state index in [4.69, 9.17) is 5.73 Å². The van der Waals surface area contributed by atoms with Crippen LogP contribution in [0.15, 0.2) is 22.7 Å². The summed E-state index contributed by atoms with van der Waals surface area (Å²) in [6.45, 7) is 4.90. The Balaban J connectivity index is 2.70. The van der Waals surface area contributed by atoms with Crippen molar-refractivity contribution >= 4 is 27.5 Å². The number of hydrogen-bond acceptors (Lipinski definition) is 2. The molecule has 0 fully saturated rings. The number of rotatable bonds is 4. The van der Waals surface area contributed by atoms with Crippen LogP contribution in [0, 0.1) is 5.92 Å². The number of carbonyl (C=O) groups is 1. The highest BCUT2D eigenvalue weighted by molar-refractivity contribution is 9.10. The molecule has 3 N–H and O–H groups in total. The topological polar surface area (TPSA) is 55.1 Å². The van der Waals surface area contributed by atoms with Gasteiger partial charge in [-0.2, -0.15) is 0 Å². The molecule has 4 heteroatoms. The van der Waals surface area contributed by atoms with Crippen LogP contribution in [-0.4, -0.2) is 12.5 Å². The molecule has 88 valence electrons. The number of hydrogen-bond donors (Lipinski definition) is 2. The van der Waals surface area contributed by atoms with Crippen LogP contribution in [0.4, 0.5) is 5.69 Å². The van der Waals surface area contributed by atoms with Gasteiger partial charge in [-0.3, -0.25) is 4.79 Å². The zero-order valence-corrected chi connectivity index (χ0v) is 11.2. The zero-order chi connectivity index (χ0) is 12.1. The van der Waals surface area contributed by atoms with E-state index in [2.05, 4.69) is 35.1 Å². The maximum absolute atomic E-state index is 11.8. The van der Waals surface area contributed by atoms with E-state index in [1.165, 1.54) is 0 Å². The van der Waals surface area contributed by atoms with Crippen LogP contribution >= 0.6 is 15.9 Å². The normalized spacial score (nSPS) is 12.2. The highest BCUT2D eigenvalue weighted by Crippen LogP contribution is 2.23. The van der Waals surface area contributed by atoms with E-state index in [0.717, 1.165) is 6.42 Å². The molecule has 1 atom stereocenters. The second-order valence-electron chi connectivity index (χ2n) is 3.93. The summed E-state index contributed by atoms with van der Waals surface area (Å²) in [5.74, 6) is 0.406. The highest BCUT2D eigenvalue weighted by Gasteiger charge is 2.11. The summed E-state index contributed by atoms with van der Waals surface area (Å²) >= 11 is 3.32. The van der Waals surface area contributed by atoms with Crippen LogP contribution in [-0.2, 0) is 0 Å². The Morgan fingerprint density at radius 3 is 2.88 bits per heavy atom. The molecule has 1 unspecified atom stereocenters. The minimum Gasteiger partial charge on any atom is -0.398 e. The van der Waals surface area contributed by atoms with E-state index in [0.29, 0.717) is 28.2 Å². The summed E-state index contributed by atoms with van der Waals surface area (Å²) in [5, 5.41) is 2.89. The van der Waals surface area contributed by atoms with Crippen LogP contribution in [0.25, 0.3) is 0 Å². The van der Waals surface area contributed by atoms with Crippen LogP contribution in [0.5, 0.6) is 0 Å². The van der Waals surface area contributed by atoms with E-state index >= 15 is 0 Å². The summed E-state index contributed by atoms with van der Waals surface area (Å²) in [4.78, 5) is 11.8. The molecule has 3 nitrogen and oxygen atoms in total. The van der Waals surface area contributed by atoms with E-state index in [9.17, 15) is 4.79 Å². The van der Waals surface area contributed by atoms with Crippen LogP contribution in [0.3, 0.4) is 0 Å². The summed E-state index contributed by atoms with van der Waals surface area (Å²) < 4.78 is 0.664. The van der Waals surface area contributed by atoms with E-state index in [1.807, 2.05) is 0 Å². The van der Waals surface area contributed by atoms with Crippen molar-refractivity contribution in [2.24, 2.45) is 5.92 Å². The van der Waals surface area contributed by atoms with Gasteiger partial charge in [0.15, 0.2) is 0 Å². The molecule has 1 aromatic rings. The molecule has 0 aromatic heterocycles. The Labute approximate surface area is 105 Å². The lowest BCUT2D eigenvalue weighted by Gasteiger charge is -2.11. The Bertz CT molecular complexity index is 379. The number of nitrogens with one attached hydrogen (secondary N) is 1. The summed E-state index contributed by atoms with van der Waals surface area (Å²) in [7, 11) is 0. The second kappa shape index (κ2) is 5.89. The fourth-order valence-electron chi connectivity index (χ4n) is 1.23. The van der Waals surface area contributed by atoms with Crippen molar-refractivity contribution in [1.29, 1.82) is 0 Å². The van der Waals surface area contributed by atoms with Crippen molar-refractivity contribution in [3.63, 3.8) is 0 Å². The van der Waals surface area contributed by atoms with E-state index in [-0.39, 0.29) is 5.91 Å².